The molecule has 2 rings (SSSR count). The van der Waals surface area contributed by atoms with Crippen molar-refractivity contribution >= 4 is 5.97 Å². The average molecular weight is 269 g/mol. The first-order valence-electron chi connectivity index (χ1n) is 7.60. The van der Waals surface area contributed by atoms with Gasteiger partial charge in [-0.3, -0.25) is 9.69 Å². The molecule has 0 aromatic carbocycles. The maximum absolute atomic E-state index is 11.3. The van der Waals surface area contributed by atoms with Crippen molar-refractivity contribution in [2.45, 2.75) is 50.6 Å². The molecule has 5 heteroatoms. The molecule has 4 N–H and O–H groups in total. The number of carboxylic acid groups (broad SMARTS) is 1. The summed E-state index contributed by atoms with van der Waals surface area (Å²) in [6, 6.07) is 0.899. The number of piperidine rings is 1. The lowest BCUT2D eigenvalue weighted by Gasteiger charge is -2.38. The molecule has 2 fully saturated rings. The monoisotopic (exact) mass is 269 g/mol. The number of hydrogen-bond donors (Lipinski definition) is 3. The van der Waals surface area contributed by atoms with Crippen molar-refractivity contribution in [2.24, 2.45) is 11.7 Å². The molecule has 1 heterocycles. The second-order valence-corrected chi connectivity index (χ2v) is 6.02. The van der Waals surface area contributed by atoms with Crippen LogP contribution in [0.5, 0.6) is 0 Å². The van der Waals surface area contributed by atoms with Gasteiger partial charge in [0.25, 0.3) is 0 Å². The lowest BCUT2D eigenvalue weighted by molar-refractivity contribution is -0.144. The molecule has 0 radical (unpaired) electrons. The molecule has 2 atom stereocenters. The molecule has 19 heavy (non-hydrogen) atoms. The van der Waals surface area contributed by atoms with Crippen LogP contribution in [0.4, 0.5) is 0 Å². The zero-order valence-electron chi connectivity index (χ0n) is 11.7. The van der Waals surface area contributed by atoms with Crippen LogP contribution in [0.2, 0.25) is 0 Å². The van der Waals surface area contributed by atoms with Crippen molar-refractivity contribution in [3.05, 3.63) is 0 Å². The average Bonchev–Trinajstić information content (AvgIpc) is 2.40. The molecule has 2 unspecified atom stereocenters. The number of rotatable bonds is 5. The lowest BCUT2D eigenvalue weighted by Crippen LogP contribution is -2.54. The first kappa shape index (κ1) is 14.8. The van der Waals surface area contributed by atoms with Crippen molar-refractivity contribution in [3.63, 3.8) is 0 Å². The van der Waals surface area contributed by atoms with Crippen molar-refractivity contribution in [3.8, 4) is 0 Å². The summed E-state index contributed by atoms with van der Waals surface area (Å²) in [5, 5.41) is 12.9. The normalized spacial score (nSPS) is 30.4. The van der Waals surface area contributed by atoms with Crippen LogP contribution in [0, 0.1) is 5.92 Å². The van der Waals surface area contributed by atoms with E-state index in [9.17, 15) is 9.90 Å². The van der Waals surface area contributed by atoms with Crippen LogP contribution >= 0.6 is 0 Å². The van der Waals surface area contributed by atoms with Crippen LogP contribution < -0.4 is 11.1 Å². The molecule has 110 valence electrons. The number of nitrogens with one attached hydrogen (secondary N) is 1. The third kappa shape index (κ3) is 4.44. The van der Waals surface area contributed by atoms with Gasteiger partial charge in [0, 0.05) is 38.3 Å². The van der Waals surface area contributed by atoms with E-state index in [1.54, 1.807) is 0 Å². The summed E-state index contributed by atoms with van der Waals surface area (Å²) in [6.07, 6.45) is 7.20. The highest BCUT2D eigenvalue weighted by atomic mass is 16.4. The van der Waals surface area contributed by atoms with E-state index in [1.807, 2.05) is 0 Å². The van der Waals surface area contributed by atoms with Crippen LogP contribution in [0.3, 0.4) is 0 Å². The van der Waals surface area contributed by atoms with E-state index in [0.29, 0.717) is 25.2 Å². The molecule has 0 aromatic rings. The SMILES string of the molecule is NCCN1CC(NC2CCCCC2)CC(C(=O)O)C1. The Morgan fingerprint density at radius 3 is 2.58 bits per heavy atom. The second kappa shape index (κ2) is 7.22. The molecule has 0 amide bonds. The van der Waals surface area contributed by atoms with E-state index < -0.39 is 5.97 Å². The third-order valence-corrected chi connectivity index (χ3v) is 4.40. The Kier molecular flexibility index (Phi) is 5.60. The molecule has 0 bridgehead atoms. The predicted octanol–water partition coefficient (Wildman–Crippen LogP) is 0.643. The Bertz CT molecular complexity index is 292. The van der Waals surface area contributed by atoms with Crippen molar-refractivity contribution in [2.75, 3.05) is 26.2 Å². The summed E-state index contributed by atoms with van der Waals surface area (Å²) in [5.41, 5.74) is 5.60. The topological polar surface area (TPSA) is 78.6 Å². The van der Waals surface area contributed by atoms with Crippen molar-refractivity contribution < 1.29 is 9.90 Å². The molecule has 1 saturated heterocycles. The van der Waals surface area contributed by atoms with E-state index in [1.165, 1.54) is 32.1 Å². The van der Waals surface area contributed by atoms with E-state index in [0.717, 1.165) is 19.5 Å². The Balaban J connectivity index is 1.88. The van der Waals surface area contributed by atoms with Crippen LogP contribution in [-0.2, 0) is 4.79 Å². The molecule has 1 saturated carbocycles. The number of carbonyl (C=O) groups is 1. The van der Waals surface area contributed by atoms with Gasteiger partial charge < -0.3 is 16.2 Å². The summed E-state index contributed by atoms with van der Waals surface area (Å²) in [6.45, 7) is 2.99. The fourth-order valence-corrected chi connectivity index (χ4v) is 3.46. The van der Waals surface area contributed by atoms with Gasteiger partial charge in [0.15, 0.2) is 0 Å². The molecule has 1 aliphatic carbocycles. The van der Waals surface area contributed by atoms with E-state index in [4.69, 9.17) is 5.73 Å². The zero-order chi connectivity index (χ0) is 13.7. The number of likely N-dealkylation sites (tertiary alicyclic amines) is 1. The van der Waals surface area contributed by atoms with E-state index in [-0.39, 0.29) is 5.92 Å². The standard InChI is InChI=1S/C14H27N3O2/c15-6-7-17-9-11(14(18)19)8-13(10-17)16-12-4-2-1-3-5-12/h11-13,16H,1-10,15H2,(H,18,19). The fraction of sp³-hybridized carbons (Fsp3) is 0.929. The summed E-state index contributed by atoms with van der Waals surface area (Å²) < 4.78 is 0. The molecule has 0 aromatic heterocycles. The third-order valence-electron chi connectivity index (χ3n) is 4.40. The van der Waals surface area contributed by atoms with E-state index >= 15 is 0 Å². The minimum absolute atomic E-state index is 0.249. The Labute approximate surface area is 115 Å². The molecular formula is C14H27N3O2. The van der Waals surface area contributed by atoms with Crippen LogP contribution in [0.15, 0.2) is 0 Å². The van der Waals surface area contributed by atoms with Gasteiger partial charge in [0.1, 0.15) is 0 Å². The first-order valence-corrected chi connectivity index (χ1v) is 7.60. The molecular weight excluding hydrogens is 242 g/mol. The molecule has 5 nitrogen and oxygen atoms in total. The predicted molar refractivity (Wildman–Crippen MR) is 75.0 cm³/mol. The highest BCUT2D eigenvalue weighted by molar-refractivity contribution is 5.70. The van der Waals surface area contributed by atoms with Crippen molar-refractivity contribution in [1.29, 1.82) is 0 Å². The smallest absolute Gasteiger partial charge is 0.307 e. The fourth-order valence-electron chi connectivity index (χ4n) is 3.46. The largest absolute Gasteiger partial charge is 0.481 e. The quantitative estimate of drug-likeness (QED) is 0.683. The summed E-state index contributed by atoms with van der Waals surface area (Å²) >= 11 is 0. The van der Waals surface area contributed by atoms with Gasteiger partial charge in [-0.05, 0) is 19.3 Å². The van der Waals surface area contributed by atoms with Gasteiger partial charge in [0.2, 0.25) is 0 Å². The lowest BCUT2D eigenvalue weighted by atomic mass is 9.90. The zero-order valence-corrected chi connectivity index (χ0v) is 11.7. The Hall–Kier alpha value is -0.650. The van der Waals surface area contributed by atoms with Gasteiger partial charge in [-0.2, -0.15) is 0 Å². The maximum Gasteiger partial charge on any atom is 0.307 e. The van der Waals surface area contributed by atoms with Gasteiger partial charge in [-0.15, -0.1) is 0 Å². The van der Waals surface area contributed by atoms with Crippen molar-refractivity contribution in [1.82, 2.24) is 10.2 Å². The summed E-state index contributed by atoms with van der Waals surface area (Å²) in [5.74, 6) is -0.918. The van der Waals surface area contributed by atoms with E-state index in [2.05, 4.69) is 10.2 Å². The highest BCUT2D eigenvalue weighted by Gasteiger charge is 2.32. The Morgan fingerprint density at radius 1 is 1.21 bits per heavy atom. The van der Waals surface area contributed by atoms with Gasteiger partial charge in [-0.25, -0.2) is 0 Å². The number of aliphatic carboxylic acids is 1. The molecule has 0 spiro atoms. The molecule has 1 aliphatic heterocycles. The Morgan fingerprint density at radius 2 is 1.95 bits per heavy atom. The van der Waals surface area contributed by atoms with Gasteiger partial charge in [0.05, 0.1) is 5.92 Å². The number of carboxylic acids is 1. The van der Waals surface area contributed by atoms with Crippen LogP contribution in [0.1, 0.15) is 38.5 Å². The minimum atomic E-state index is -0.669. The minimum Gasteiger partial charge on any atom is -0.481 e. The summed E-state index contributed by atoms with van der Waals surface area (Å²) in [7, 11) is 0. The highest BCUT2D eigenvalue weighted by Crippen LogP contribution is 2.22. The number of nitrogens with two attached hydrogens (primary N) is 1. The number of nitrogens with zero attached hydrogens (tertiary/aromatic N) is 1. The second-order valence-electron chi connectivity index (χ2n) is 6.02. The van der Waals surface area contributed by atoms with Gasteiger partial charge in [-0.1, -0.05) is 19.3 Å². The van der Waals surface area contributed by atoms with Crippen LogP contribution in [-0.4, -0.2) is 54.2 Å². The number of hydrogen-bond acceptors (Lipinski definition) is 4. The van der Waals surface area contributed by atoms with Gasteiger partial charge >= 0.3 is 5.97 Å². The molecule has 2 aliphatic rings. The maximum atomic E-state index is 11.3. The first-order chi connectivity index (χ1) is 9.19. The van der Waals surface area contributed by atoms with Crippen LogP contribution in [0.25, 0.3) is 0 Å². The summed E-state index contributed by atoms with van der Waals surface area (Å²) in [4.78, 5) is 13.5.